The van der Waals surface area contributed by atoms with E-state index in [-0.39, 0.29) is 6.61 Å². The second-order valence-corrected chi connectivity index (χ2v) is 4.43. The maximum absolute atomic E-state index is 9.06. The van der Waals surface area contributed by atoms with Gasteiger partial charge in [0.05, 0.1) is 6.61 Å². The van der Waals surface area contributed by atoms with Crippen LogP contribution in [0, 0.1) is 11.8 Å². The fourth-order valence-electron chi connectivity index (χ4n) is 2.19. The van der Waals surface area contributed by atoms with E-state index in [1.807, 2.05) is 0 Å². The molecule has 1 aliphatic rings. The molecule has 0 heterocycles. The third kappa shape index (κ3) is 5.57. The molecule has 0 aliphatic heterocycles. The number of hydrogen-bond donors (Lipinski definition) is 2. The van der Waals surface area contributed by atoms with Gasteiger partial charge in [-0.3, -0.25) is 4.79 Å². The summed E-state index contributed by atoms with van der Waals surface area (Å²) in [5.74, 6) is 0.573. The minimum Gasteiger partial charge on any atom is -0.481 e. The molecule has 2 N–H and O–H groups in total. The summed E-state index contributed by atoms with van der Waals surface area (Å²) in [6.45, 7) is 8.00. The molecule has 0 radical (unpaired) electrons. The number of rotatable bonds is 1. The van der Waals surface area contributed by atoms with Crippen LogP contribution < -0.4 is 0 Å². The van der Waals surface area contributed by atoms with E-state index < -0.39 is 5.97 Å². The van der Waals surface area contributed by atoms with E-state index in [0.29, 0.717) is 5.92 Å². The average molecular weight is 214 g/mol. The average Bonchev–Trinajstić information content (AvgIpc) is 2.01. The molecule has 0 aromatic rings. The molecule has 2 atom stereocenters. The minimum absolute atomic E-state index is 0.264. The highest BCUT2D eigenvalue weighted by molar-refractivity contribution is 5.62. The van der Waals surface area contributed by atoms with Crippen LogP contribution in [0.3, 0.4) is 0 Å². The third-order valence-corrected chi connectivity index (χ3v) is 2.72. The van der Waals surface area contributed by atoms with Crippen molar-refractivity contribution in [3.05, 3.63) is 11.1 Å². The Labute approximate surface area is 91.8 Å². The van der Waals surface area contributed by atoms with Crippen molar-refractivity contribution in [3.63, 3.8) is 0 Å². The molecule has 0 bridgehead atoms. The molecule has 3 heteroatoms. The maximum atomic E-state index is 9.06. The quantitative estimate of drug-likeness (QED) is 0.659. The zero-order valence-electron chi connectivity index (χ0n) is 10.1. The van der Waals surface area contributed by atoms with Crippen LogP contribution in [0.5, 0.6) is 0 Å². The molecule has 15 heavy (non-hydrogen) atoms. The lowest BCUT2D eigenvalue weighted by atomic mass is 9.79. The molecular formula is C12H22O3. The number of hydrogen-bond acceptors (Lipinski definition) is 2. The minimum atomic E-state index is -0.833. The van der Waals surface area contributed by atoms with Gasteiger partial charge in [0.2, 0.25) is 0 Å². The molecule has 2 unspecified atom stereocenters. The Morgan fingerprint density at radius 1 is 1.47 bits per heavy atom. The molecule has 1 aliphatic carbocycles. The molecule has 0 amide bonds. The van der Waals surface area contributed by atoms with E-state index in [4.69, 9.17) is 15.0 Å². The van der Waals surface area contributed by atoms with Gasteiger partial charge < -0.3 is 10.2 Å². The summed E-state index contributed by atoms with van der Waals surface area (Å²) in [7, 11) is 0. The van der Waals surface area contributed by atoms with Gasteiger partial charge in [-0.25, -0.2) is 0 Å². The van der Waals surface area contributed by atoms with Gasteiger partial charge in [-0.05, 0) is 37.2 Å². The van der Waals surface area contributed by atoms with Crippen molar-refractivity contribution in [2.75, 3.05) is 6.61 Å². The lowest BCUT2D eigenvalue weighted by Crippen LogP contribution is -2.16. The predicted octanol–water partition coefficient (Wildman–Crippen LogP) is 2.45. The SMILES string of the molecule is CC(=O)O.CC1=C(CO)C(C)CC(C)C1. The topological polar surface area (TPSA) is 57.5 Å². The third-order valence-electron chi connectivity index (χ3n) is 2.72. The van der Waals surface area contributed by atoms with Crippen LogP contribution in [0.2, 0.25) is 0 Å². The van der Waals surface area contributed by atoms with Crippen molar-refractivity contribution in [3.8, 4) is 0 Å². The summed E-state index contributed by atoms with van der Waals surface area (Å²) in [6.07, 6.45) is 2.42. The normalized spacial score (nSPS) is 25.7. The van der Waals surface area contributed by atoms with Gasteiger partial charge in [0.15, 0.2) is 0 Å². The van der Waals surface area contributed by atoms with Crippen LogP contribution in [0.4, 0.5) is 0 Å². The first-order valence-electron chi connectivity index (χ1n) is 5.37. The van der Waals surface area contributed by atoms with Crippen molar-refractivity contribution in [2.24, 2.45) is 11.8 Å². The predicted molar refractivity (Wildman–Crippen MR) is 60.7 cm³/mol. The van der Waals surface area contributed by atoms with Gasteiger partial charge in [0.1, 0.15) is 0 Å². The molecule has 1 rings (SSSR count). The summed E-state index contributed by atoms with van der Waals surface area (Å²) in [5.41, 5.74) is 2.70. The van der Waals surface area contributed by atoms with E-state index >= 15 is 0 Å². The van der Waals surface area contributed by atoms with Crippen LogP contribution in [0.25, 0.3) is 0 Å². The Morgan fingerprint density at radius 2 is 1.93 bits per heavy atom. The van der Waals surface area contributed by atoms with Crippen molar-refractivity contribution in [1.82, 2.24) is 0 Å². The number of aliphatic carboxylic acids is 1. The molecule has 88 valence electrons. The smallest absolute Gasteiger partial charge is 0.300 e. The zero-order valence-corrected chi connectivity index (χ0v) is 10.1. The number of aliphatic hydroxyl groups is 1. The molecule has 0 aromatic heterocycles. The van der Waals surface area contributed by atoms with E-state index in [1.54, 1.807) is 0 Å². The Balaban J connectivity index is 0.000000423. The number of carboxylic acid groups (broad SMARTS) is 1. The van der Waals surface area contributed by atoms with Crippen molar-refractivity contribution < 1.29 is 15.0 Å². The number of aliphatic hydroxyl groups excluding tert-OH is 1. The summed E-state index contributed by atoms with van der Waals surface area (Å²) < 4.78 is 0. The van der Waals surface area contributed by atoms with Gasteiger partial charge in [-0.2, -0.15) is 0 Å². The number of allylic oxidation sites excluding steroid dienone is 1. The van der Waals surface area contributed by atoms with Gasteiger partial charge in [-0.15, -0.1) is 0 Å². The Morgan fingerprint density at radius 3 is 2.27 bits per heavy atom. The Hall–Kier alpha value is -0.830. The maximum Gasteiger partial charge on any atom is 0.300 e. The van der Waals surface area contributed by atoms with Crippen molar-refractivity contribution >= 4 is 5.97 Å². The largest absolute Gasteiger partial charge is 0.481 e. The molecule has 0 saturated heterocycles. The Bertz CT molecular complexity index is 239. The summed E-state index contributed by atoms with van der Waals surface area (Å²) in [5, 5.41) is 16.5. The summed E-state index contributed by atoms with van der Waals surface area (Å²) in [4.78, 5) is 9.00. The van der Waals surface area contributed by atoms with E-state index in [0.717, 1.165) is 12.8 Å². The van der Waals surface area contributed by atoms with E-state index in [2.05, 4.69) is 20.8 Å². The Kier molecular flexibility index (Phi) is 6.25. The van der Waals surface area contributed by atoms with Gasteiger partial charge in [0, 0.05) is 6.92 Å². The number of carbonyl (C=O) groups is 1. The number of carboxylic acids is 1. The highest BCUT2D eigenvalue weighted by atomic mass is 16.4. The lowest BCUT2D eigenvalue weighted by molar-refractivity contribution is -0.134. The van der Waals surface area contributed by atoms with Crippen LogP contribution >= 0.6 is 0 Å². The fraction of sp³-hybridized carbons (Fsp3) is 0.750. The van der Waals surface area contributed by atoms with Gasteiger partial charge in [-0.1, -0.05) is 19.4 Å². The second kappa shape index (κ2) is 6.62. The first kappa shape index (κ1) is 14.2. The molecule has 3 nitrogen and oxygen atoms in total. The standard InChI is InChI=1S/C10H18O.C2H4O2/c1-7-4-8(2)10(6-11)9(3)5-7;1-2(3)4/h7-8,11H,4-6H2,1-3H3;1H3,(H,3,4). The molecular weight excluding hydrogens is 192 g/mol. The van der Waals surface area contributed by atoms with Crippen molar-refractivity contribution in [2.45, 2.75) is 40.5 Å². The van der Waals surface area contributed by atoms with Crippen LogP contribution in [-0.2, 0) is 4.79 Å². The lowest BCUT2D eigenvalue weighted by Gasteiger charge is -2.27. The van der Waals surface area contributed by atoms with E-state index in [1.165, 1.54) is 24.0 Å². The molecule has 0 aromatic carbocycles. The monoisotopic (exact) mass is 214 g/mol. The molecule has 0 fully saturated rings. The second-order valence-electron chi connectivity index (χ2n) is 4.43. The molecule has 0 spiro atoms. The van der Waals surface area contributed by atoms with Crippen molar-refractivity contribution in [1.29, 1.82) is 0 Å². The van der Waals surface area contributed by atoms with Crippen LogP contribution in [-0.4, -0.2) is 22.8 Å². The van der Waals surface area contributed by atoms with Gasteiger partial charge in [0.25, 0.3) is 5.97 Å². The first-order chi connectivity index (χ1) is 6.88. The highest BCUT2D eigenvalue weighted by Crippen LogP contribution is 2.32. The zero-order chi connectivity index (χ0) is 12.0. The fourth-order valence-corrected chi connectivity index (χ4v) is 2.19. The molecule has 0 saturated carbocycles. The van der Waals surface area contributed by atoms with Gasteiger partial charge >= 0.3 is 0 Å². The summed E-state index contributed by atoms with van der Waals surface area (Å²) >= 11 is 0. The summed E-state index contributed by atoms with van der Waals surface area (Å²) in [6, 6.07) is 0. The van der Waals surface area contributed by atoms with E-state index in [9.17, 15) is 0 Å². The van der Waals surface area contributed by atoms with Crippen LogP contribution in [0.1, 0.15) is 40.5 Å². The van der Waals surface area contributed by atoms with Crippen LogP contribution in [0.15, 0.2) is 11.1 Å². The first-order valence-corrected chi connectivity index (χ1v) is 5.37. The highest BCUT2D eigenvalue weighted by Gasteiger charge is 2.20.